The first kappa shape index (κ1) is 26.3. The molecule has 0 unspecified atom stereocenters. The number of halogens is 1. The van der Waals surface area contributed by atoms with Crippen LogP contribution in [0.2, 0.25) is 5.02 Å². The van der Waals surface area contributed by atoms with E-state index in [9.17, 15) is 9.59 Å². The summed E-state index contributed by atoms with van der Waals surface area (Å²) in [4.78, 5) is 29.6. The van der Waals surface area contributed by atoms with Gasteiger partial charge in [-0.1, -0.05) is 35.9 Å². The quantitative estimate of drug-likeness (QED) is 0.343. The lowest BCUT2D eigenvalue weighted by atomic mass is 9.93. The Morgan fingerprint density at radius 3 is 2.51 bits per heavy atom. The number of carbonyl (C=O) groups is 2. The molecule has 4 aromatic rings. The van der Waals surface area contributed by atoms with Crippen LogP contribution in [0.3, 0.4) is 0 Å². The van der Waals surface area contributed by atoms with Crippen molar-refractivity contribution < 1.29 is 19.1 Å². The Morgan fingerprint density at radius 1 is 1.05 bits per heavy atom. The second kappa shape index (κ2) is 10.5. The van der Waals surface area contributed by atoms with E-state index in [0.717, 1.165) is 16.9 Å². The Kier molecular flexibility index (Phi) is 7.06. The van der Waals surface area contributed by atoms with Gasteiger partial charge in [0.05, 0.1) is 26.5 Å². The monoisotopic (exact) mass is 544 g/mol. The fourth-order valence-corrected chi connectivity index (χ4v) is 5.08. The van der Waals surface area contributed by atoms with E-state index in [2.05, 4.69) is 5.32 Å². The average molecular weight is 545 g/mol. The number of hydrogen-bond donors (Lipinski definition) is 1. The minimum absolute atomic E-state index is 0.147. The van der Waals surface area contributed by atoms with Crippen LogP contribution in [-0.4, -0.2) is 41.4 Å². The Labute approximate surface area is 232 Å². The van der Waals surface area contributed by atoms with Crippen LogP contribution in [0.25, 0.3) is 11.3 Å². The number of benzene rings is 3. The molecule has 9 heteroatoms. The number of anilines is 1. The highest BCUT2D eigenvalue weighted by Gasteiger charge is 2.49. The van der Waals surface area contributed by atoms with Crippen molar-refractivity contribution in [3.63, 3.8) is 0 Å². The molecule has 3 aromatic carbocycles. The second-order valence-corrected chi connectivity index (χ2v) is 10.0. The van der Waals surface area contributed by atoms with Crippen molar-refractivity contribution in [2.75, 3.05) is 19.1 Å². The third-order valence-electron chi connectivity index (χ3n) is 7.14. The van der Waals surface area contributed by atoms with Gasteiger partial charge in [-0.15, -0.1) is 0 Å². The normalized spacial score (nSPS) is 16.5. The number of carbonyl (C=O) groups excluding carboxylic acids is 2. The minimum Gasteiger partial charge on any atom is -0.497 e. The number of methoxy groups -OCH3 is 2. The highest BCUT2D eigenvalue weighted by atomic mass is 35.5. The third kappa shape index (κ3) is 4.72. The molecule has 39 heavy (non-hydrogen) atoms. The number of para-hydroxylation sites is 1. The molecule has 200 valence electrons. The molecule has 1 aromatic heterocycles. The third-order valence-corrected chi connectivity index (χ3v) is 7.55. The van der Waals surface area contributed by atoms with Gasteiger partial charge in [-0.05, 0) is 67.9 Å². The van der Waals surface area contributed by atoms with E-state index in [1.54, 1.807) is 55.0 Å². The van der Waals surface area contributed by atoms with E-state index in [-0.39, 0.29) is 24.9 Å². The summed E-state index contributed by atoms with van der Waals surface area (Å²) in [5.41, 5.74) is 2.65. The van der Waals surface area contributed by atoms with Crippen molar-refractivity contribution in [3.05, 3.63) is 94.6 Å². The number of nitrogens with one attached hydrogen (secondary N) is 1. The maximum Gasteiger partial charge on any atom is 0.277 e. The van der Waals surface area contributed by atoms with Gasteiger partial charge in [0.2, 0.25) is 5.91 Å². The average Bonchev–Trinajstić information content (AvgIpc) is 3.38. The maximum absolute atomic E-state index is 14.1. The maximum atomic E-state index is 14.1. The Bertz CT molecular complexity index is 1550. The van der Waals surface area contributed by atoms with Gasteiger partial charge in [0.1, 0.15) is 22.7 Å². The summed E-state index contributed by atoms with van der Waals surface area (Å²) < 4.78 is 12.3. The molecular formula is C30H29ClN4O4. The molecule has 5 rings (SSSR count). The van der Waals surface area contributed by atoms with Crippen molar-refractivity contribution in [3.8, 4) is 22.8 Å². The summed E-state index contributed by atoms with van der Waals surface area (Å²) in [5, 5.41) is 8.25. The molecule has 0 saturated carbocycles. The summed E-state index contributed by atoms with van der Waals surface area (Å²) in [6, 6.07) is 22.0. The van der Waals surface area contributed by atoms with Crippen LogP contribution < -0.4 is 19.7 Å². The molecule has 2 heterocycles. The number of aromatic nitrogens is 2. The van der Waals surface area contributed by atoms with Gasteiger partial charge in [0, 0.05) is 28.4 Å². The number of nitrogens with zero attached hydrogens (tertiary/aromatic N) is 3. The molecule has 0 aliphatic carbocycles. The molecular weight excluding hydrogens is 516 g/mol. The van der Waals surface area contributed by atoms with Crippen LogP contribution in [-0.2, 0) is 17.9 Å². The number of ether oxygens (including phenoxy) is 2. The molecule has 1 aliphatic heterocycles. The van der Waals surface area contributed by atoms with E-state index < -0.39 is 5.54 Å². The SMILES string of the molecule is COc1ccc(-c2cc3n(n2)C[C@](C)(C(=O)NCc2ccccc2OC)N(c2cccc(Cl)c2C)C3=O)cc1. The lowest BCUT2D eigenvalue weighted by Gasteiger charge is -2.43. The summed E-state index contributed by atoms with van der Waals surface area (Å²) in [6.45, 7) is 3.97. The van der Waals surface area contributed by atoms with Gasteiger partial charge in [-0.25, -0.2) is 0 Å². The zero-order valence-corrected chi connectivity index (χ0v) is 23.0. The van der Waals surface area contributed by atoms with Gasteiger partial charge >= 0.3 is 0 Å². The second-order valence-electron chi connectivity index (χ2n) is 9.59. The summed E-state index contributed by atoms with van der Waals surface area (Å²) >= 11 is 6.46. The molecule has 2 amide bonds. The van der Waals surface area contributed by atoms with Crippen LogP contribution in [0.5, 0.6) is 11.5 Å². The van der Waals surface area contributed by atoms with E-state index in [4.69, 9.17) is 26.2 Å². The predicted molar refractivity (Wildman–Crippen MR) is 150 cm³/mol. The fraction of sp³-hybridized carbons (Fsp3) is 0.233. The van der Waals surface area contributed by atoms with Crippen molar-refractivity contribution in [2.45, 2.75) is 32.5 Å². The first-order valence-electron chi connectivity index (χ1n) is 12.5. The molecule has 1 N–H and O–H groups in total. The lowest BCUT2D eigenvalue weighted by molar-refractivity contribution is -0.126. The summed E-state index contributed by atoms with van der Waals surface area (Å²) in [5.74, 6) is 0.728. The first-order valence-corrected chi connectivity index (χ1v) is 12.9. The van der Waals surface area contributed by atoms with Gasteiger partial charge < -0.3 is 14.8 Å². The summed E-state index contributed by atoms with van der Waals surface area (Å²) in [7, 11) is 3.19. The molecule has 8 nitrogen and oxygen atoms in total. The number of rotatable bonds is 7. The molecule has 0 fully saturated rings. The predicted octanol–water partition coefficient (Wildman–Crippen LogP) is 5.26. The van der Waals surface area contributed by atoms with E-state index in [1.807, 2.05) is 55.5 Å². The number of fused-ring (bicyclic) bond motifs is 1. The highest BCUT2D eigenvalue weighted by molar-refractivity contribution is 6.32. The van der Waals surface area contributed by atoms with Crippen LogP contribution in [0, 0.1) is 6.92 Å². The van der Waals surface area contributed by atoms with Gasteiger partial charge in [0.15, 0.2) is 0 Å². The fourth-order valence-electron chi connectivity index (χ4n) is 4.92. The molecule has 1 aliphatic rings. The Balaban J connectivity index is 1.55. The molecule has 0 spiro atoms. The molecule has 0 radical (unpaired) electrons. The van der Waals surface area contributed by atoms with E-state index in [0.29, 0.717) is 33.4 Å². The van der Waals surface area contributed by atoms with Crippen LogP contribution in [0.4, 0.5) is 5.69 Å². The molecule has 1 atom stereocenters. The smallest absolute Gasteiger partial charge is 0.277 e. The van der Waals surface area contributed by atoms with Crippen molar-refractivity contribution in [1.29, 1.82) is 0 Å². The topological polar surface area (TPSA) is 85.7 Å². The van der Waals surface area contributed by atoms with Crippen LogP contribution in [0.15, 0.2) is 72.8 Å². The zero-order chi connectivity index (χ0) is 27.7. The Morgan fingerprint density at radius 2 is 1.79 bits per heavy atom. The first-order chi connectivity index (χ1) is 18.8. The molecule has 0 bridgehead atoms. The lowest BCUT2D eigenvalue weighted by Crippen LogP contribution is -2.64. The van der Waals surface area contributed by atoms with E-state index >= 15 is 0 Å². The Hall–Kier alpha value is -4.30. The van der Waals surface area contributed by atoms with Gasteiger partial charge in [-0.2, -0.15) is 5.10 Å². The zero-order valence-electron chi connectivity index (χ0n) is 22.2. The van der Waals surface area contributed by atoms with Crippen molar-refractivity contribution >= 4 is 29.1 Å². The van der Waals surface area contributed by atoms with Crippen molar-refractivity contribution in [1.82, 2.24) is 15.1 Å². The van der Waals surface area contributed by atoms with Crippen molar-refractivity contribution in [2.24, 2.45) is 0 Å². The largest absolute Gasteiger partial charge is 0.497 e. The highest BCUT2D eigenvalue weighted by Crippen LogP contribution is 2.37. The van der Waals surface area contributed by atoms with Crippen LogP contribution >= 0.6 is 11.6 Å². The summed E-state index contributed by atoms with van der Waals surface area (Å²) in [6.07, 6.45) is 0. The standard InChI is InChI=1S/C30H29ClN4O4/c1-19-23(31)9-7-10-25(19)35-28(36)26-16-24(20-12-14-22(38-3)15-13-20)33-34(26)18-30(35,2)29(37)32-17-21-8-5-6-11-27(21)39-4/h5-16H,17-18H2,1-4H3,(H,32,37)/t30-/m1/s1. The van der Waals surface area contributed by atoms with Crippen LogP contribution in [0.1, 0.15) is 28.5 Å². The van der Waals surface area contributed by atoms with Gasteiger partial charge in [-0.3, -0.25) is 19.2 Å². The minimum atomic E-state index is -1.30. The number of amides is 2. The molecule has 0 saturated heterocycles. The van der Waals surface area contributed by atoms with Gasteiger partial charge in [0.25, 0.3) is 5.91 Å². The number of hydrogen-bond acceptors (Lipinski definition) is 5. The van der Waals surface area contributed by atoms with E-state index in [1.165, 1.54) is 0 Å².